The molecule has 20 heavy (non-hydrogen) atoms. The van der Waals surface area contributed by atoms with Gasteiger partial charge in [-0.05, 0) is 25.3 Å². The second-order valence-electron chi connectivity index (χ2n) is 4.89. The van der Waals surface area contributed by atoms with Crippen molar-refractivity contribution in [2.75, 3.05) is 0 Å². The minimum atomic E-state index is -0.537. The summed E-state index contributed by atoms with van der Waals surface area (Å²) in [5, 5.41) is -0.102. The topological polar surface area (TPSA) is 25.8 Å². The fourth-order valence-corrected chi connectivity index (χ4v) is 2.82. The molecule has 1 aromatic carbocycles. The maximum atomic E-state index is 13.7. The number of aryl methyl sites for hydroxylation is 1. The molecule has 0 amide bonds. The number of halogens is 2. The molecule has 0 aliphatic heterocycles. The molecule has 4 heteroatoms. The molecule has 0 N–H and O–H groups in total. The van der Waals surface area contributed by atoms with Crippen LogP contribution in [-0.2, 0) is 5.41 Å². The summed E-state index contributed by atoms with van der Waals surface area (Å²) >= 11 is 5.90. The van der Waals surface area contributed by atoms with Gasteiger partial charge in [0.1, 0.15) is 5.82 Å². The fourth-order valence-electron chi connectivity index (χ4n) is 2.60. The number of nitrogens with zero attached hydrogens (tertiary/aromatic N) is 2. The molecule has 0 saturated carbocycles. The van der Waals surface area contributed by atoms with E-state index in [9.17, 15) is 4.39 Å². The zero-order chi connectivity index (χ0) is 14.8. The molecule has 0 spiro atoms. The molecule has 0 radical (unpaired) electrons. The molecular formula is C16H18ClFN2. The summed E-state index contributed by atoms with van der Waals surface area (Å²) in [7, 11) is 0. The van der Waals surface area contributed by atoms with Gasteiger partial charge in [0, 0.05) is 0 Å². The van der Waals surface area contributed by atoms with Crippen molar-refractivity contribution in [3.63, 3.8) is 0 Å². The van der Waals surface area contributed by atoms with Gasteiger partial charge >= 0.3 is 0 Å². The average Bonchev–Trinajstić information content (AvgIpc) is 2.47. The van der Waals surface area contributed by atoms with Gasteiger partial charge in [0.2, 0.25) is 0 Å². The van der Waals surface area contributed by atoms with Gasteiger partial charge in [-0.3, -0.25) is 0 Å². The van der Waals surface area contributed by atoms with E-state index < -0.39 is 5.82 Å². The van der Waals surface area contributed by atoms with Gasteiger partial charge in [-0.15, -0.1) is 0 Å². The van der Waals surface area contributed by atoms with Crippen LogP contribution < -0.4 is 0 Å². The summed E-state index contributed by atoms with van der Waals surface area (Å²) in [4.78, 5) is 8.56. The van der Waals surface area contributed by atoms with E-state index in [0.29, 0.717) is 11.5 Å². The molecule has 0 unspecified atom stereocenters. The summed E-state index contributed by atoms with van der Waals surface area (Å²) in [6.45, 7) is 5.80. The van der Waals surface area contributed by atoms with Gasteiger partial charge in [-0.2, -0.15) is 0 Å². The lowest BCUT2D eigenvalue weighted by Gasteiger charge is -2.31. The Morgan fingerprint density at radius 2 is 1.70 bits per heavy atom. The van der Waals surface area contributed by atoms with Crippen molar-refractivity contribution >= 4 is 11.6 Å². The van der Waals surface area contributed by atoms with Crippen molar-refractivity contribution in [1.82, 2.24) is 9.97 Å². The van der Waals surface area contributed by atoms with Crippen LogP contribution in [0.3, 0.4) is 0 Å². The maximum absolute atomic E-state index is 13.7. The second-order valence-corrected chi connectivity index (χ2v) is 5.25. The number of aromatic nitrogens is 2. The first kappa shape index (κ1) is 14.9. The van der Waals surface area contributed by atoms with E-state index in [2.05, 4.69) is 35.9 Å². The van der Waals surface area contributed by atoms with E-state index in [1.54, 1.807) is 6.92 Å². The quantitative estimate of drug-likeness (QED) is 0.764. The van der Waals surface area contributed by atoms with Crippen molar-refractivity contribution < 1.29 is 4.39 Å². The van der Waals surface area contributed by atoms with Crippen LogP contribution in [0.25, 0.3) is 0 Å². The van der Waals surface area contributed by atoms with Crippen LogP contribution in [0.1, 0.15) is 43.8 Å². The molecule has 1 heterocycles. The van der Waals surface area contributed by atoms with E-state index in [1.807, 2.05) is 18.2 Å². The Balaban J connectivity index is 2.65. The largest absolute Gasteiger partial charge is 0.234 e. The van der Waals surface area contributed by atoms with Crippen molar-refractivity contribution in [3.8, 4) is 0 Å². The van der Waals surface area contributed by atoms with Gasteiger partial charge in [-0.1, -0.05) is 55.8 Å². The van der Waals surface area contributed by atoms with E-state index in [1.165, 1.54) is 0 Å². The predicted molar refractivity (Wildman–Crippen MR) is 79.5 cm³/mol. The minimum Gasteiger partial charge on any atom is -0.234 e. The van der Waals surface area contributed by atoms with Crippen LogP contribution in [0.15, 0.2) is 30.3 Å². The monoisotopic (exact) mass is 292 g/mol. The number of benzene rings is 1. The Hall–Kier alpha value is -1.48. The molecule has 0 fully saturated rings. The zero-order valence-corrected chi connectivity index (χ0v) is 12.7. The van der Waals surface area contributed by atoms with E-state index in [4.69, 9.17) is 11.6 Å². The second kappa shape index (κ2) is 5.88. The van der Waals surface area contributed by atoms with Crippen LogP contribution in [0.2, 0.25) is 5.15 Å². The third-order valence-electron chi connectivity index (χ3n) is 3.94. The fraction of sp³-hybridized carbons (Fsp3) is 0.375. The number of hydrogen-bond donors (Lipinski definition) is 0. The van der Waals surface area contributed by atoms with Crippen LogP contribution in [0.4, 0.5) is 4.39 Å². The third kappa shape index (κ3) is 2.42. The van der Waals surface area contributed by atoms with Crippen LogP contribution in [-0.4, -0.2) is 9.97 Å². The highest BCUT2D eigenvalue weighted by molar-refractivity contribution is 6.29. The Morgan fingerprint density at radius 1 is 1.10 bits per heavy atom. The van der Waals surface area contributed by atoms with E-state index in [0.717, 1.165) is 18.4 Å². The predicted octanol–water partition coefficient (Wildman–Crippen LogP) is 4.68. The average molecular weight is 293 g/mol. The van der Waals surface area contributed by atoms with Crippen molar-refractivity contribution in [1.29, 1.82) is 0 Å². The highest BCUT2D eigenvalue weighted by Gasteiger charge is 2.34. The summed E-state index contributed by atoms with van der Waals surface area (Å²) in [5.74, 6) is 0.0576. The molecule has 0 bridgehead atoms. The molecule has 2 nitrogen and oxygen atoms in total. The maximum Gasteiger partial charge on any atom is 0.181 e. The Bertz CT molecular complexity index is 572. The summed E-state index contributed by atoms with van der Waals surface area (Å²) < 4.78 is 13.7. The van der Waals surface area contributed by atoms with E-state index >= 15 is 0 Å². The zero-order valence-electron chi connectivity index (χ0n) is 12.0. The summed E-state index contributed by atoms with van der Waals surface area (Å²) in [5.41, 5.74) is 1.10. The Kier molecular flexibility index (Phi) is 4.39. The first-order valence-electron chi connectivity index (χ1n) is 6.80. The van der Waals surface area contributed by atoms with Gasteiger partial charge in [-0.25, -0.2) is 14.4 Å². The highest BCUT2D eigenvalue weighted by Crippen LogP contribution is 2.37. The molecule has 0 atom stereocenters. The summed E-state index contributed by atoms with van der Waals surface area (Å²) in [6.07, 6.45) is 1.66. The Morgan fingerprint density at radius 3 is 2.20 bits per heavy atom. The molecule has 0 aliphatic rings. The van der Waals surface area contributed by atoms with Crippen LogP contribution >= 0.6 is 11.6 Å². The van der Waals surface area contributed by atoms with Crippen molar-refractivity contribution in [2.45, 2.75) is 39.0 Å². The lowest BCUT2D eigenvalue weighted by molar-refractivity contribution is 0.442. The first-order chi connectivity index (χ1) is 9.55. The lowest BCUT2D eigenvalue weighted by atomic mass is 9.75. The molecular weight excluding hydrogens is 275 g/mol. The van der Waals surface area contributed by atoms with Gasteiger partial charge < -0.3 is 0 Å². The van der Waals surface area contributed by atoms with Gasteiger partial charge in [0.25, 0.3) is 0 Å². The summed E-state index contributed by atoms with van der Waals surface area (Å²) in [6, 6.07) is 10.1. The molecule has 2 rings (SSSR count). The molecule has 1 aromatic heterocycles. The normalized spacial score (nSPS) is 11.7. The minimum absolute atomic E-state index is 0.102. The smallest absolute Gasteiger partial charge is 0.181 e. The van der Waals surface area contributed by atoms with Crippen LogP contribution in [0.5, 0.6) is 0 Å². The van der Waals surface area contributed by atoms with Crippen LogP contribution in [0, 0.1) is 12.7 Å². The lowest BCUT2D eigenvalue weighted by Crippen LogP contribution is -2.29. The van der Waals surface area contributed by atoms with E-state index in [-0.39, 0.29) is 10.6 Å². The standard InChI is InChI=1S/C16H18ClFN2/c1-4-16(5-2,12-9-7-6-8-10-12)15-19-11(3)13(18)14(17)20-15/h6-10H,4-5H2,1-3H3. The Labute approximate surface area is 124 Å². The molecule has 0 saturated heterocycles. The number of rotatable bonds is 4. The molecule has 2 aromatic rings. The first-order valence-corrected chi connectivity index (χ1v) is 7.18. The van der Waals surface area contributed by atoms with Crippen molar-refractivity contribution in [2.24, 2.45) is 0 Å². The molecule has 106 valence electrons. The molecule has 0 aliphatic carbocycles. The third-order valence-corrected chi connectivity index (χ3v) is 4.19. The number of hydrogen-bond acceptors (Lipinski definition) is 2. The van der Waals surface area contributed by atoms with Crippen molar-refractivity contribution in [3.05, 3.63) is 58.4 Å². The highest BCUT2D eigenvalue weighted by atomic mass is 35.5. The van der Waals surface area contributed by atoms with Gasteiger partial charge in [0.05, 0.1) is 11.1 Å². The SMILES string of the molecule is CCC(CC)(c1ccccc1)c1nc(C)c(F)c(Cl)n1. The van der Waals surface area contributed by atoms with Gasteiger partial charge in [0.15, 0.2) is 11.0 Å².